The van der Waals surface area contributed by atoms with E-state index in [1.54, 1.807) is 88.2 Å². The number of Topliss-reactive ketones (excluding diaryl/α,β-unsaturated/α-hetero) is 1. The Morgan fingerprint density at radius 3 is 1.16 bits per heavy atom. The van der Waals surface area contributed by atoms with Crippen LogP contribution in [-0.4, -0.2) is 136 Å². The number of ketones is 1. The summed E-state index contributed by atoms with van der Waals surface area (Å²) in [4.78, 5) is 45.3. The van der Waals surface area contributed by atoms with E-state index in [2.05, 4.69) is 343 Å². The molecule has 17 rings (SSSR count). The van der Waals surface area contributed by atoms with Gasteiger partial charge >= 0.3 is 114 Å². The Morgan fingerprint density at radius 2 is 0.859 bits per heavy atom. The first-order valence-electron chi connectivity index (χ1n) is 43.7. The van der Waals surface area contributed by atoms with E-state index in [1.165, 1.54) is 93.2 Å². The third kappa shape index (κ3) is 47.3. The Labute approximate surface area is 996 Å². The summed E-state index contributed by atoms with van der Waals surface area (Å²) in [5, 5.41) is 20.1. The van der Waals surface area contributed by atoms with Crippen LogP contribution in [0, 0.1) is 25.0 Å². The second-order valence-electron chi connectivity index (χ2n) is 35.9. The molecule has 0 aliphatic heterocycles. The first-order valence-corrected chi connectivity index (χ1v) is 86.9. The van der Waals surface area contributed by atoms with E-state index in [1.807, 2.05) is 87.9 Å². The van der Waals surface area contributed by atoms with E-state index in [-0.39, 0.29) is 102 Å². The van der Waals surface area contributed by atoms with Crippen molar-refractivity contribution in [2.45, 2.75) is 254 Å². The van der Waals surface area contributed by atoms with Gasteiger partial charge in [0.05, 0.1) is 45.7 Å². The number of carbonyl (C=O) groups is 2. The van der Waals surface area contributed by atoms with Gasteiger partial charge in [-0.3, -0.25) is 19.4 Å². The Kier molecular flexibility index (Phi) is 63.5. The zero-order valence-electron chi connectivity index (χ0n) is 80.4. The Bertz CT molecular complexity index is 6230. The van der Waals surface area contributed by atoms with Crippen LogP contribution < -0.4 is 19.9 Å². The summed E-state index contributed by atoms with van der Waals surface area (Å²) in [6, 6.07) is 38.7. The molecular weight excluding hydrogens is 3250 g/mol. The monoisotopic (exact) mass is 3380 g/mol. The van der Waals surface area contributed by atoms with Gasteiger partial charge in [-0.05, 0) is 223 Å². The number of rotatable bonds is 19. The third-order valence-corrected chi connectivity index (χ3v) is 28.2. The van der Waals surface area contributed by atoms with Crippen LogP contribution in [0.1, 0.15) is 258 Å². The molecule has 0 saturated heterocycles. The van der Waals surface area contributed by atoms with Gasteiger partial charge in [0.25, 0.3) is 45.7 Å². The van der Waals surface area contributed by atoms with Crippen molar-refractivity contribution in [3.63, 3.8) is 0 Å². The zero-order valence-corrected chi connectivity index (χ0v) is 112. The molecule has 0 spiro atoms. The number of hydrogen-bond donors (Lipinski definition) is 4. The fourth-order valence-electron chi connectivity index (χ4n) is 12.4. The van der Waals surface area contributed by atoms with E-state index in [4.69, 9.17) is 46.9 Å². The SMILES string of the molecule is C.C.CC(C)(C)c1ccc(S(=O)(=O)Cl)cc1.CC(C)(C)c1ccc(S(=O)(=O)N(c2ccnc3cc(C4CC4)nn23)S(=O)(=O)c2ccc(C(C)(C)C)cc2)cc1.CC(C)(C)c1ccc(S(=O)(=O)Nc2ccnc3cc(C4CC4)nn23)cc1.CI.CI.ICI.II.Nc1cc(C2CC2)[nH]n1.Nc1ccnc2cc(C3CC3)nn12.O=C(Cl)C1CC1.[C-]#[N+]/C=C/N(CC)CC.[C-]#[N+]CC(=O)C1CC1.[I][V]([I])[I].[I][V][I]. The predicted octanol–water partition coefficient (Wildman–Crippen LogP) is 29.6. The molecule has 4 aromatic carbocycles. The molecule has 142 heavy (non-hydrogen) atoms. The van der Waals surface area contributed by atoms with Crippen molar-refractivity contribution in [3.8, 4) is 0 Å². The van der Waals surface area contributed by atoms with E-state index < -0.39 is 39.1 Å². The van der Waals surface area contributed by atoms with Crippen LogP contribution in [0.5, 0.6) is 0 Å². The molecule has 0 bridgehead atoms. The maximum atomic E-state index is 14.2. The van der Waals surface area contributed by atoms with Gasteiger partial charge < -0.3 is 21.2 Å². The fourth-order valence-corrected chi connectivity index (χ4v) is 18.1. The molecule has 28 nitrogen and oxygen atoms in total. The van der Waals surface area contributed by atoms with Crippen molar-refractivity contribution in [1.29, 1.82) is 0 Å². The molecule has 6 aliphatic rings. The van der Waals surface area contributed by atoms with Crippen molar-refractivity contribution >= 4 is 340 Å². The summed E-state index contributed by atoms with van der Waals surface area (Å²) in [6.45, 7) is 43.6. The van der Waals surface area contributed by atoms with Gasteiger partial charge in [0.15, 0.2) is 29.0 Å². The molecule has 7 heterocycles. The van der Waals surface area contributed by atoms with Crippen molar-refractivity contribution < 1.29 is 57.6 Å². The summed E-state index contributed by atoms with van der Waals surface area (Å²) in [5.74, 6) is 4.30. The number of alkyl halides is 4. The number of hydrogen-bond acceptors (Lipinski definition) is 20. The van der Waals surface area contributed by atoms with E-state index >= 15 is 0 Å². The van der Waals surface area contributed by atoms with E-state index in [0.29, 0.717) is 53.8 Å². The number of fused-ring (bicyclic) bond motifs is 3. The number of nitrogens with two attached hydrogens (primary N) is 2. The van der Waals surface area contributed by atoms with Crippen LogP contribution >= 0.6 is 250 Å². The van der Waals surface area contributed by atoms with Crippen molar-refractivity contribution in [3.05, 3.63) is 238 Å². The average Bonchev–Trinajstić information content (AvgIpc) is 0.863. The van der Waals surface area contributed by atoms with Crippen LogP contribution in [0.3, 0.4) is 0 Å². The van der Waals surface area contributed by atoms with Gasteiger partial charge in [0.1, 0.15) is 17.5 Å². The second kappa shape index (κ2) is 66.0. The molecule has 0 radical (unpaired) electrons. The van der Waals surface area contributed by atoms with Gasteiger partial charge in [-0.15, -0.1) is 3.71 Å². The molecular formula is C95H128Cl2I11N18O10S4V2. The van der Waals surface area contributed by atoms with Crippen LogP contribution in [0.15, 0.2) is 190 Å². The number of nitrogen functional groups attached to an aromatic ring is 2. The molecule has 6 aliphatic carbocycles. The third-order valence-electron chi connectivity index (χ3n) is 21.0. The van der Waals surface area contributed by atoms with Crippen LogP contribution in [-0.2, 0) is 84.8 Å². The molecule has 0 amide bonds. The van der Waals surface area contributed by atoms with Gasteiger partial charge in [0.2, 0.25) is 11.0 Å². The zero-order chi connectivity index (χ0) is 106. The minimum absolute atomic E-state index is 0. The number of nitrogens with zero attached hydrogens (tertiary/aromatic N) is 14. The number of nitrogens with one attached hydrogen (secondary N) is 2. The molecule has 6 saturated carbocycles. The number of carbonyl (C=O) groups excluding carboxylic acids is 2. The van der Waals surface area contributed by atoms with E-state index in [9.17, 15) is 43.3 Å². The van der Waals surface area contributed by atoms with Gasteiger partial charge in [-0.2, -0.15) is 50.8 Å². The number of aromatic nitrogens is 11. The first-order chi connectivity index (χ1) is 65.8. The Balaban J connectivity index is 0.000000574. The second-order valence-corrected chi connectivity index (χ2v) is 95.9. The van der Waals surface area contributed by atoms with Crippen molar-refractivity contribution in [2.24, 2.45) is 11.8 Å². The number of sulfonamides is 3. The van der Waals surface area contributed by atoms with Crippen molar-refractivity contribution in [2.75, 3.05) is 51.8 Å². The Hall–Kier alpha value is -1.41. The average molecular weight is 3380 g/mol. The van der Waals surface area contributed by atoms with Gasteiger partial charge in [-0.1, -0.05) is 237 Å². The van der Waals surface area contributed by atoms with Crippen LogP contribution in [0.4, 0.5) is 23.3 Å². The fraction of sp³-hybridized carbons (Fsp3) is 0.463. The number of H-pyrrole nitrogens is 1. The van der Waals surface area contributed by atoms with Crippen molar-refractivity contribution in [1.82, 2.24) is 58.9 Å². The summed E-state index contributed by atoms with van der Waals surface area (Å²) in [6.07, 6.45) is 21.4. The minimum atomic E-state index is -4.59. The Morgan fingerprint density at radius 1 is 0.528 bits per heavy atom. The summed E-state index contributed by atoms with van der Waals surface area (Å²) in [7, 11) is -10.7. The molecule has 783 valence electrons. The summed E-state index contributed by atoms with van der Waals surface area (Å²) >= 11 is 30.3. The summed E-state index contributed by atoms with van der Waals surface area (Å²) in [5.41, 5.74) is 20.7. The maximum absolute atomic E-state index is 14.2. The van der Waals surface area contributed by atoms with Crippen LogP contribution in [0.2, 0.25) is 0 Å². The molecule has 6 N–H and O–H groups in total. The number of halogens is 13. The summed E-state index contributed by atoms with van der Waals surface area (Å²) < 4.78 is 113. The molecule has 47 heteroatoms. The quantitative estimate of drug-likeness (QED) is 0.0253. The number of aromatic amines is 1. The first kappa shape index (κ1) is 137. The molecule has 7 aromatic heterocycles. The topological polar surface area (TPSA) is 369 Å². The molecule has 6 fully saturated rings. The standard InChI is InChI=1S/C29H34N4O4S2.C19H22N4O2S.C10H13ClO2S.C9H10N4.C7H12N2.C6H9N3.C6H7NO.C4H5ClO.CH2I2.2CH3I.2CH4.I2.5HI.2V/c1-28(2,3)21-9-13-23(14-10-21)38(34,35)33(39(36,37)24-15-11-22(12-16-24)29(4,5)6)27-17-18-30-26-19-25(20-7-8-20)31-32(26)27;1-19(2,3)14-6-8-15(9-7-14)26(24,25)22-17-10-11-20-18-12-16(13-4-5-13)21-23(17)18;1-10(2,3)8-4-6-9(7-5-8)14(11,12)13;10-8-3-4-11-9-5-7(6-1-2-6)12-13(8)9;1-4-9(5-2)7-6-8-3;7-6-3-5(8-9-6)4-1-2-4;1-7-4-6(8)5-2-3-5;5-4(6)3-1-2-3;2-1-3;2*1-2;;;1-2;;;;;;;/h9-20H,7-8H2,1-6H3;6-13,22H,4-5H2,1-3H3;4-7H,1-3H3;3-6H,1-2,10H2;6-7H,4-5H2,1-2H3;3-4H,1-2H2,(H3,7,8,9);5H,2-4H2;3H,1-2H2;1H2;2*1H3;2*1H4;;5*1H;;/q;;;;;;;;;;;;;;;;;;;+2;+3/p-5/b;;;;7-6+;;;;;;;;;;;;;;;;. The van der Waals surface area contributed by atoms with Gasteiger partial charge in [-0.25, -0.2) is 43.2 Å². The van der Waals surface area contributed by atoms with Gasteiger partial charge in [0, 0.05) is 151 Å². The molecule has 0 atom stereocenters. The van der Waals surface area contributed by atoms with Crippen LogP contribution in [0.25, 0.3) is 26.6 Å². The normalized spacial score (nSPS) is 13.9. The molecule has 11 aromatic rings. The molecule has 0 unspecified atom stereocenters. The number of benzene rings is 4. The van der Waals surface area contributed by atoms with E-state index in [0.717, 1.165) is 115 Å². The predicted molar refractivity (Wildman–Crippen MR) is 671 cm³/mol. The number of anilines is 4.